The molecule has 200 valence electrons. The summed E-state index contributed by atoms with van der Waals surface area (Å²) in [5, 5.41) is 14.9. The Morgan fingerprint density at radius 2 is 1.92 bits per heavy atom. The van der Waals surface area contributed by atoms with Gasteiger partial charge in [-0.3, -0.25) is 9.59 Å². The molecule has 9 nitrogen and oxygen atoms in total. The number of carbonyl (C=O) groups excluding carboxylic acids is 2. The average molecular weight is 536 g/mol. The lowest BCUT2D eigenvalue weighted by atomic mass is 10.1. The van der Waals surface area contributed by atoms with Crippen LogP contribution in [0.25, 0.3) is 6.08 Å². The zero-order chi connectivity index (χ0) is 27.5. The molecule has 1 heterocycles. The van der Waals surface area contributed by atoms with Crippen molar-refractivity contribution in [1.29, 1.82) is 0 Å². The Bertz CT molecular complexity index is 1320. The molecule has 0 spiro atoms. The summed E-state index contributed by atoms with van der Waals surface area (Å²) in [7, 11) is 3.13. The second kappa shape index (κ2) is 14.0. The molecule has 10 heteroatoms. The van der Waals surface area contributed by atoms with Crippen molar-refractivity contribution in [3.63, 3.8) is 0 Å². The van der Waals surface area contributed by atoms with Crippen LogP contribution >= 0.6 is 11.8 Å². The molecule has 38 heavy (non-hydrogen) atoms. The van der Waals surface area contributed by atoms with Gasteiger partial charge in [-0.1, -0.05) is 49.0 Å². The first kappa shape index (κ1) is 28.5. The van der Waals surface area contributed by atoms with Gasteiger partial charge in [-0.2, -0.15) is 0 Å². The standard InChI is InChI=1S/C28H33N5O4S/c1-6-15-33-24(17-29-25(34)14-12-20-11-13-22(36-4)23(16-20)37-5)31-32-28(33)38-18-26(35)30-27-19(3)9-8-10-21(27)7-2/h6,8-14,16H,1,7,15,17-18H2,2-5H3,(H,29,34)(H,30,35). The first-order chi connectivity index (χ1) is 18.4. The Kier molecular flexibility index (Phi) is 10.5. The second-order valence-electron chi connectivity index (χ2n) is 8.26. The average Bonchev–Trinajstić information content (AvgIpc) is 3.31. The number of amides is 2. The summed E-state index contributed by atoms with van der Waals surface area (Å²) in [5.74, 6) is 1.52. The molecule has 0 saturated heterocycles. The summed E-state index contributed by atoms with van der Waals surface area (Å²) in [6, 6.07) is 11.4. The Balaban J connectivity index is 1.60. The second-order valence-corrected chi connectivity index (χ2v) is 9.21. The molecule has 0 bridgehead atoms. The summed E-state index contributed by atoms with van der Waals surface area (Å²) in [6.07, 6.45) is 5.67. The number of hydrogen-bond donors (Lipinski definition) is 2. The van der Waals surface area contributed by atoms with Crippen LogP contribution in [0.3, 0.4) is 0 Å². The van der Waals surface area contributed by atoms with E-state index in [9.17, 15) is 9.59 Å². The molecule has 3 aromatic rings. The highest BCUT2D eigenvalue weighted by Crippen LogP contribution is 2.28. The lowest BCUT2D eigenvalue weighted by Crippen LogP contribution is -2.23. The SMILES string of the molecule is C=CCn1c(CNC(=O)C=Cc2ccc(OC)c(OC)c2)nnc1SCC(=O)Nc1c(C)cccc1CC. The van der Waals surface area contributed by atoms with Gasteiger partial charge in [0, 0.05) is 18.3 Å². The summed E-state index contributed by atoms with van der Waals surface area (Å²) in [5.41, 5.74) is 3.77. The minimum atomic E-state index is -0.286. The molecule has 3 rings (SSSR count). The maximum atomic E-state index is 12.7. The zero-order valence-corrected chi connectivity index (χ0v) is 22.9. The highest BCUT2D eigenvalue weighted by atomic mass is 32.2. The molecular formula is C28H33N5O4S. The fraction of sp³-hybridized carbons (Fsp3) is 0.286. The molecular weight excluding hydrogens is 502 g/mol. The number of rotatable bonds is 13. The van der Waals surface area contributed by atoms with Crippen LogP contribution in [0.1, 0.15) is 29.4 Å². The van der Waals surface area contributed by atoms with Gasteiger partial charge in [0.05, 0.1) is 26.5 Å². The predicted molar refractivity (Wildman–Crippen MR) is 151 cm³/mol. The van der Waals surface area contributed by atoms with E-state index < -0.39 is 0 Å². The topological polar surface area (TPSA) is 107 Å². The number of methoxy groups -OCH3 is 2. The number of aromatic nitrogens is 3. The van der Waals surface area contributed by atoms with Crippen LogP contribution in [0.4, 0.5) is 5.69 Å². The van der Waals surface area contributed by atoms with E-state index in [0.717, 1.165) is 28.8 Å². The third-order valence-electron chi connectivity index (χ3n) is 5.70. The minimum Gasteiger partial charge on any atom is -0.493 e. The number of nitrogens with zero attached hydrogens (tertiary/aromatic N) is 3. The highest BCUT2D eigenvalue weighted by molar-refractivity contribution is 7.99. The number of nitrogens with one attached hydrogen (secondary N) is 2. The molecule has 0 aliphatic carbocycles. The molecule has 0 fully saturated rings. The van der Waals surface area contributed by atoms with Crippen LogP contribution < -0.4 is 20.1 Å². The van der Waals surface area contributed by atoms with Crippen LogP contribution in [0, 0.1) is 6.92 Å². The minimum absolute atomic E-state index is 0.123. The molecule has 1 aromatic heterocycles. The normalized spacial score (nSPS) is 10.8. The van der Waals surface area contributed by atoms with E-state index in [1.807, 2.05) is 35.8 Å². The van der Waals surface area contributed by atoms with Gasteiger partial charge in [0.1, 0.15) is 0 Å². The summed E-state index contributed by atoms with van der Waals surface area (Å²) in [6.45, 7) is 8.46. The van der Waals surface area contributed by atoms with E-state index >= 15 is 0 Å². The lowest BCUT2D eigenvalue weighted by Gasteiger charge is -2.13. The van der Waals surface area contributed by atoms with E-state index in [1.165, 1.54) is 17.8 Å². The van der Waals surface area contributed by atoms with Gasteiger partial charge in [0.15, 0.2) is 22.5 Å². The molecule has 0 unspecified atom stereocenters. The number of aryl methyl sites for hydroxylation is 2. The number of thioether (sulfide) groups is 1. The summed E-state index contributed by atoms with van der Waals surface area (Å²) < 4.78 is 12.4. The monoisotopic (exact) mass is 535 g/mol. The number of benzene rings is 2. The molecule has 0 aliphatic heterocycles. The van der Waals surface area contributed by atoms with E-state index in [4.69, 9.17) is 9.47 Å². The Labute approximate surface area is 227 Å². The smallest absolute Gasteiger partial charge is 0.244 e. The number of hydrogen-bond acceptors (Lipinski definition) is 7. The van der Waals surface area contributed by atoms with Gasteiger partial charge in [-0.15, -0.1) is 16.8 Å². The van der Waals surface area contributed by atoms with Gasteiger partial charge in [0.2, 0.25) is 11.8 Å². The van der Waals surface area contributed by atoms with Crippen molar-refractivity contribution in [2.75, 3.05) is 25.3 Å². The molecule has 2 amide bonds. The Morgan fingerprint density at radius 3 is 2.63 bits per heavy atom. The van der Waals surface area contributed by atoms with Crippen LogP contribution in [-0.2, 0) is 29.1 Å². The van der Waals surface area contributed by atoms with Gasteiger partial charge in [-0.25, -0.2) is 0 Å². The Morgan fingerprint density at radius 1 is 1.13 bits per heavy atom. The van der Waals surface area contributed by atoms with E-state index in [2.05, 4.69) is 34.3 Å². The number of allylic oxidation sites excluding steroid dienone is 1. The maximum Gasteiger partial charge on any atom is 0.244 e. The lowest BCUT2D eigenvalue weighted by molar-refractivity contribution is -0.116. The van der Waals surface area contributed by atoms with Gasteiger partial charge < -0.3 is 24.7 Å². The largest absolute Gasteiger partial charge is 0.493 e. The molecule has 2 N–H and O–H groups in total. The van der Waals surface area contributed by atoms with E-state index in [1.54, 1.807) is 38.5 Å². The molecule has 2 aromatic carbocycles. The van der Waals surface area contributed by atoms with Crippen LogP contribution in [0.5, 0.6) is 11.5 Å². The van der Waals surface area contributed by atoms with E-state index in [0.29, 0.717) is 29.0 Å². The van der Waals surface area contributed by atoms with Crippen LogP contribution in [0.15, 0.2) is 60.3 Å². The van der Waals surface area contributed by atoms with Gasteiger partial charge in [-0.05, 0) is 48.2 Å². The predicted octanol–water partition coefficient (Wildman–Crippen LogP) is 4.41. The number of para-hydroxylation sites is 1. The summed E-state index contributed by atoms with van der Waals surface area (Å²) in [4.78, 5) is 25.1. The molecule has 0 saturated carbocycles. The molecule has 0 atom stereocenters. The van der Waals surface area contributed by atoms with Crippen LogP contribution in [-0.4, -0.2) is 46.6 Å². The quantitative estimate of drug-likeness (QED) is 0.190. The number of carbonyl (C=O) groups is 2. The highest BCUT2D eigenvalue weighted by Gasteiger charge is 2.15. The zero-order valence-electron chi connectivity index (χ0n) is 22.1. The third kappa shape index (κ3) is 7.48. The first-order valence-electron chi connectivity index (χ1n) is 12.1. The van der Waals surface area contributed by atoms with E-state index in [-0.39, 0.29) is 24.1 Å². The van der Waals surface area contributed by atoms with Crippen molar-refractivity contribution in [3.8, 4) is 11.5 Å². The Hall–Kier alpha value is -4.05. The third-order valence-corrected chi connectivity index (χ3v) is 6.66. The molecule has 0 aliphatic rings. The van der Waals surface area contributed by atoms with Crippen molar-refractivity contribution in [2.24, 2.45) is 0 Å². The van der Waals surface area contributed by atoms with Crippen molar-refractivity contribution in [3.05, 3.63) is 77.6 Å². The number of ether oxygens (including phenoxy) is 2. The van der Waals surface area contributed by atoms with Gasteiger partial charge in [0.25, 0.3) is 0 Å². The summed E-state index contributed by atoms with van der Waals surface area (Å²) >= 11 is 1.28. The number of anilines is 1. The first-order valence-corrected chi connectivity index (χ1v) is 13.1. The van der Waals surface area contributed by atoms with Gasteiger partial charge >= 0.3 is 0 Å². The fourth-order valence-electron chi connectivity index (χ4n) is 3.73. The van der Waals surface area contributed by atoms with Crippen molar-refractivity contribution in [1.82, 2.24) is 20.1 Å². The van der Waals surface area contributed by atoms with Crippen LogP contribution in [0.2, 0.25) is 0 Å². The van der Waals surface area contributed by atoms with Crippen molar-refractivity contribution >= 4 is 35.3 Å². The fourth-order valence-corrected chi connectivity index (χ4v) is 4.50. The van der Waals surface area contributed by atoms with Crippen molar-refractivity contribution < 1.29 is 19.1 Å². The molecule has 0 radical (unpaired) electrons. The maximum absolute atomic E-state index is 12.7. The van der Waals surface area contributed by atoms with Crippen molar-refractivity contribution in [2.45, 2.75) is 38.5 Å².